The van der Waals surface area contributed by atoms with Crippen LogP contribution in [0.1, 0.15) is 43.1 Å². The molecule has 0 radical (unpaired) electrons. The first-order chi connectivity index (χ1) is 14.8. The maximum absolute atomic E-state index is 14.0. The minimum atomic E-state index is -0.949. The highest BCUT2D eigenvalue weighted by Gasteiger charge is 2.40. The highest BCUT2D eigenvalue weighted by molar-refractivity contribution is 5.93. The molecule has 4 atom stereocenters. The van der Waals surface area contributed by atoms with Crippen molar-refractivity contribution < 1.29 is 28.0 Å². The van der Waals surface area contributed by atoms with E-state index in [2.05, 4.69) is 22.3 Å². The van der Waals surface area contributed by atoms with Crippen molar-refractivity contribution in [1.82, 2.24) is 15.4 Å². The summed E-state index contributed by atoms with van der Waals surface area (Å²) in [5.74, 6) is -3.29. The fourth-order valence-electron chi connectivity index (χ4n) is 4.81. The second kappa shape index (κ2) is 8.74. The number of carboxylic acids is 1. The average molecular weight is 433 g/mol. The minimum absolute atomic E-state index is 0.0116. The van der Waals surface area contributed by atoms with Gasteiger partial charge in [-0.1, -0.05) is 18.5 Å². The van der Waals surface area contributed by atoms with Crippen molar-refractivity contribution in [2.24, 2.45) is 11.8 Å². The van der Waals surface area contributed by atoms with E-state index in [1.165, 1.54) is 12.1 Å². The van der Waals surface area contributed by atoms with Crippen LogP contribution < -0.4 is 5.32 Å². The van der Waals surface area contributed by atoms with E-state index in [9.17, 15) is 23.5 Å². The second-order valence-electron chi connectivity index (χ2n) is 8.48. The second-order valence-corrected chi connectivity index (χ2v) is 8.48. The molecule has 166 valence electrons. The molecule has 0 unspecified atom stereocenters. The van der Waals surface area contributed by atoms with Gasteiger partial charge in [-0.2, -0.15) is 0 Å². The summed E-state index contributed by atoms with van der Waals surface area (Å²) in [7, 11) is 0. The fraction of sp³-hybridized carbons (Fsp3) is 0.500. The molecule has 0 spiro atoms. The van der Waals surface area contributed by atoms with Gasteiger partial charge in [0.2, 0.25) is 0 Å². The van der Waals surface area contributed by atoms with E-state index in [1.807, 2.05) is 0 Å². The van der Waals surface area contributed by atoms with Crippen molar-refractivity contribution in [3.05, 3.63) is 41.6 Å². The first-order valence-electron chi connectivity index (χ1n) is 10.5. The third-order valence-corrected chi connectivity index (χ3v) is 6.50. The van der Waals surface area contributed by atoms with Crippen LogP contribution >= 0.6 is 0 Å². The van der Waals surface area contributed by atoms with E-state index >= 15 is 0 Å². The number of aromatic nitrogens is 1. The smallest absolute Gasteiger partial charge is 0.309 e. The summed E-state index contributed by atoms with van der Waals surface area (Å²) in [6, 6.07) is 4.11. The number of benzene rings is 1. The Hall–Kier alpha value is -2.81. The van der Waals surface area contributed by atoms with Crippen molar-refractivity contribution in [3.8, 4) is 11.3 Å². The summed E-state index contributed by atoms with van der Waals surface area (Å²) < 4.78 is 32.1. The number of nitrogens with one attached hydrogen (secondary N) is 1. The minimum Gasteiger partial charge on any atom is -0.481 e. The summed E-state index contributed by atoms with van der Waals surface area (Å²) in [6.45, 7) is 3.31. The molecule has 0 bridgehead atoms. The molecule has 31 heavy (non-hydrogen) atoms. The summed E-state index contributed by atoms with van der Waals surface area (Å²) in [5.41, 5.74) is -0.106. The number of carboxylic acid groups (broad SMARTS) is 1. The zero-order chi connectivity index (χ0) is 22.1. The van der Waals surface area contributed by atoms with Gasteiger partial charge in [0.05, 0.1) is 11.5 Å². The number of rotatable bonds is 5. The van der Waals surface area contributed by atoms with Gasteiger partial charge >= 0.3 is 5.97 Å². The molecule has 2 fully saturated rings. The molecule has 2 aromatic rings. The van der Waals surface area contributed by atoms with Crippen molar-refractivity contribution in [1.29, 1.82) is 0 Å². The van der Waals surface area contributed by atoms with Crippen molar-refractivity contribution in [3.63, 3.8) is 0 Å². The van der Waals surface area contributed by atoms with E-state index in [-0.39, 0.29) is 17.0 Å². The Morgan fingerprint density at radius 3 is 2.71 bits per heavy atom. The zero-order valence-electron chi connectivity index (χ0n) is 17.2. The number of carbonyl (C=O) groups excluding carboxylic acids is 1. The monoisotopic (exact) mass is 433 g/mol. The topological polar surface area (TPSA) is 95.7 Å². The van der Waals surface area contributed by atoms with Gasteiger partial charge in [-0.15, -0.1) is 0 Å². The van der Waals surface area contributed by atoms with Crippen molar-refractivity contribution in [2.45, 2.75) is 44.7 Å². The first-order valence-corrected chi connectivity index (χ1v) is 10.5. The average Bonchev–Trinajstić information content (AvgIpc) is 3.37. The highest BCUT2D eigenvalue weighted by Crippen LogP contribution is 2.32. The molecule has 4 rings (SSSR count). The summed E-state index contributed by atoms with van der Waals surface area (Å²) in [6.07, 6.45) is 3.90. The molecular formula is C22H25F2N3O4. The number of halogens is 2. The predicted molar refractivity (Wildman–Crippen MR) is 107 cm³/mol. The number of piperidine rings is 1. The molecule has 2 heterocycles. The normalized spacial score (nSPS) is 26.7. The largest absolute Gasteiger partial charge is 0.481 e. The molecule has 1 aromatic carbocycles. The highest BCUT2D eigenvalue weighted by atomic mass is 19.1. The lowest BCUT2D eigenvalue weighted by Gasteiger charge is -2.41. The van der Waals surface area contributed by atoms with Gasteiger partial charge in [-0.3, -0.25) is 14.5 Å². The van der Waals surface area contributed by atoms with Crippen LogP contribution in [0.4, 0.5) is 8.78 Å². The zero-order valence-corrected chi connectivity index (χ0v) is 17.2. The number of amides is 1. The molecule has 1 aromatic heterocycles. The first kappa shape index (κ1) is 21.4. The Morgan fingerprint density at radius 2 is 2.03 bits per heavy atom. The van der Waals surface area contributed by atoms with E-state index in [0.29, 0.717) is 37.5 Å². The molecule has 1 aliphatic carbocycles. The molecule has 1 saturated heterocycles. The molecule has 2 N–H and O–H groups in total. The van der Waals surface area contributed by atoms with Crippen LogP contribution in [0.15, 0.2) is 28.8 Å². The number of likely N-dealkylation sites (tertiary alicyclic amines) is 1. The number of nitrogens with zero attached hydrogens (tertiary/aromatic N) is 2. The number of aliphatic carboxylic acids is 1. The lowest BCUT2D eigenvalue weighted by Crippen LogP contribution is -2.56. The maximum Gasteiger partial charge on any atom is 0.309 e. The van der Waals surface area contributed by atoms with Gasteiger partial charge in [0, 0.05) is 37.3 Å². The summed E-state index contributed by atoms with van der Waals surface area (Å²) in [4.78, 5) is 26.8. The van der Waals surface area contributed by atoms with Crippen LogP contribution in [0, 0.1) is 23.5 Å². The molecular weight excluding hydrogens is 408 g/mol. The van der Waals surface area contributed by atoms with E-state index < -0.39 is 35.5 Å². The number of carbonyl (C=O) groups is 2. The fourth-order valence-corrected chi connectivity index (χ4v) is 4.81. The van der Waals surface area contributed by atoms with Gasteiger partial charge in [-0.25, -0.2) is 8.78 Å². The third-order valence-electron chi connectivity index (χ3n) is 6.50. The molecule has 1 aliphatic heterocycles. The lowest BCUT2D eigenvalue weighted by atomic mass is 9.89. The van der Waals surface area contributed by atoms with Crippen molar-refractivity contribution >= 4 is 11.9 Å². The molecule has 9 heteroatoms. The Kier molecular flexibility index (Phi) is 6.04. The van der Waals surface area contributed by atoms with Crippen molar-refractivity contribution in [2.75, 3.05) is 13.1 Å². The van der Waals surface area contributed by atoms with Gasteiger partial charge < -0.3 is 14.9 Å². The Morgan fingerprint density at radius 1 is 1.23 bits per heavy atom. The predicted octanol–water partition coefficient (Wildman–Crippen LogP) is 3.31. The van der Waals surface area contributed by atoms with Gasteiger partial charge in [0.25, 0.3) is 5.91 Å². The Bertz CT molecular complexity index is 979. The Labute approximate surface area is 178 Å². The summed E-state index contributed by atoms with van der Waals surface area (Å²) in [5, 5.41) is 16.2. The molecule has 7 nitrogen and oxygen atoms in total. The van der Waals surface area contributed by atoms with Crippen LogP contribution in [-0.4, -0.2) is 52.2 Å². The Balaban J connectivity index is 1.44. The van der Waals surface area contributed by atoms with Crippen LogP contribution in [0.2, 0.25) is 0 Å². The summed E-state index contributed by atoms with van der Waals surface area (Å²) >= 11 is 0. The van der Waals surface area contributed by atoms with Gasteiger partial charge in [0.1, 0.15) is 11.6 Å². The SMILES string of the molecule is C[C@H]1CCC[C@@H]1N1CC[C@H](NC(=O)c2cc(-c3ccc(F)cc3F)on2)[C@@H](C(=O)O)C1. The molecule has 1 amide bonds. The van der Waals surface area contributed by atoms with Crippen LogP contribution in [0.3, 0.4) is 0 Å². The molecule has 2 aliphatic rings. The van der Waals surface area contributed by atoms with Gasteiger partial charge in [0.15, 0.2) is 11.5 Å². The van der Waals surface area contributed by atoms with Crippen LogP contribution in [0.5, 0.6) is 0 Å². The van der Waals surface area contributed by atoms with Gasteiger partial charge in [-0.05, 0) is 37.3 Å². The maximum atomic E-state index is 14.0. The quantitative estimate of drug-likeness (QED) is 0.751. The number of hydrogen-bond acceptors (Lipinski definition) is 5. The third kappa shape index (κ3) is 4.46. The molecule has 1 saturated carbocycles. The van der Waals surface area contributed by atoms with E-state index in [4.69, 9.17) is 4.52 Å². The number of hydrogen-bond donors (Lipinski definition) is 2. The van der Waals surface area contributed by atoms with Crippen LogP contribution in [0.25, 0.3) is 11.3 Å². The standard InChI is InChI=1S/C22H25F2N3O4/c1-12-3-2-4-19(12)27-8-7-17(15(11-27)22(29)30)25-21(28)18-10-20(31-26-18)14-6-5-13(23)9-16(14)24/h5-6,9-10,12,15,17,19H,2-4,7-8,11H2,1H3,(H,25,28)(H,29,30)/t12-,15-,17-,19-/m0/s1. The van der Waals surface area contributed by atoms with E-state index in [1.54, 1.807) is 0 Å². The van der Waals surface area contributed by atoms with E-state index in [0.717, 1.165) is 25.3 Å². The van der Waals surface area contributed by atoms with Crippen LogP contribution in [-0.2, 0) is 4.79 Å². The lowest BCUT2D eigenvalue weighted by molar-refractivity contribution is -0.145.